The maximum atomic E-state index is 11.5. The van der Waals surface area contributed by atoms with Gasteiger partial charge >= 0.3 is 6.03 Å². The number of aliphatic carboxylic acids is 1. The third kappa shape index (κ3) is 5.59. The molecule has 0 aromatic heterocycles. The number of hydrogen-bond donors (Lipinski definition) is 2. The van der Waals surface area contributed by atoms with Crippen molar-refractivity contribution in [2.24, 2.45) is 0 Å². The highest BCUT2D eigenvalue weighted by Gasteiger charge is 2.17. The lowest BCUT2D eigenvalue weighted by atomic mass is 10.2. The van der Waals surface area contributed by atoms with E-state index in [0.29, 0.717) is 18.7 Å². The van der Waals surface area contributed by atoms with Crippen LogP contribution in [0.25, 0.3) is 0 Å². The molecule has 0 bridgehead atoms. The molecule has 0 aromatic rings. The highest BCUT2D eigenvalue weighted by molar-refractivity contribution is 7.98. The van der Waals surface area contributed by atoms with Crippen molar-refractivity contribution in [3.8, 4) is 0 Å². The summed E-state index contributed by atoms with van der Waals surface area (Å²) in [6.07, 6.45) is 4.21. The lowest BCUT2D eigenvalue weighted by Crippen LogP contribution is -2.52. The monoisotopic (exact) mass is 275 g/mol. The average Bonchev–Trinajstić information content (AvgIpc) is 2.84. The van der Waals surface area contributed by atoms with Gasteiger partial charge in [0, 0.05) is 13.2 Å². The molecule has 0 spiro atoms. The minimum atomic E-state index is -1.25. The van der Waals surface area contributed by atoms with Crippen LogP contribution >= 0.6 is 11.8 Å². The first kappa shape index (κ1) is 15.1. The van der Waals surface area contributed by atoms with E-state index in [1.807, 2.05) is 6.26 Å². The fourth-order valence-corrected chi connectivity index (χ4v) is 2.18. The molecule has 18 heavy (non-hydrogen) atoms. The van der Waals surface area contributed by atoms with Gasteiger partial charge in [0.25, 0.3) is 0 Å². The highest BCUT2D eigenvalue weighted by Crippen LogP contribution is 2.10. The molecule has 104 valence electrons. The van der Waals surface area contributed by atoms with E-state index >= 15 is 0 Å². The van der Waals surface area contributed by atoms with Crippen molar-refractivity contribution in [2.75, 3.05) is 25.2 Å². The number of amides is 2. The van der Waals surface area contributed by atoms with Gasteiger partial charge in [0.15, 0.2) is 0 Å². The van der Waals surface area contributed by atoms with E-state index in [9.17, 15) is 14.7 Å². The summed E-state index contributed by atoms with van der Waals surface area (Å²) in [7, 11) is 0. The van der Waals surface area contributed by atoms with Gasteiger partial charge in [-0.2, -0.15) is 11.8 Å². The molecule has 0 aromatic carbocycles. The predicted molar refractivity (Wildman–Crippen MR) is 67.3 cm³/mol. The van der Waals surface area contributed by atoms with Crippen molar-refractivity contribution in [3.63, 3.8) is 0 Å². The largest absolute Gasteiger partial charge is 0.548 e. The Bertz CT molecular complexity index is 282. The molecule has 1 heterocycles. The molecule has 0 radical (unpaired) electrons. The van der Waals surface area contributed by atoms with Crippen LogP contribution in [0.1, 0.15) is 19.3 Å². The maximum Gasteiger partial charge on any atom is 0.315 e. The van der Waals surface area contributed by atoms with Gasteiger partial charge in [-0.25, -0.2) is 4.79 Å². The van der Waals surface area contributed by atoms with Crippen LogP contribution < -0.4 is 15.7 Å². The normalized spacial score (nSPS) is 20.4. The topological polar surface area (TPSA) is 90.5 Å². The van der Waals surface area contributed by atoms with Crippen molar-refractivity contribution >= 4 is 23.8 Å². The van der Waals surface area contributed by atoms with Gasteiger partial charge in [0.05, 0.1) is 18.1 Å². The van der Waals surface area contributed by atoms with Crippen molar-refractivity contribution in [1.82, 2.24) is 10.6 Å². The van der Waals surface area contributed by atoms with Gasteiger partial charge in [-0.05, 0) is 31.3 Å². The van der Waals surface area contributed by atoms with E-state index in [2.05, 4.69) is 10.6 Å². The summed E-state index contributed by atoms with van der Waals surface area (Å²) in [5.41, 5.74) is 0. The molecule has 0 saturated carbocycles. The number of carboxylic acid groups (broad SMARTS) is 1. The Morgan fingerprint density at radius 1 is 1.56 bits per heavy atom. The van der Waals surface area contributed by atoms with Gasteiger partial charge < -0.3 is 25.3 Å². The first-order chi connectivity index (χ1) is 8.63. The SMILES string of the molecule is CSCC[C@H](NC(=O)NC[C@H]1CCCO1)C(=O)[O-]. The van der Waals surface area contributed by atoms with Crippen LogP contribution in [-0.2, 0) is 9.53 Å². The van der Waals surface area contributed by atoms with Crippen LogP contribution in [0.3, 0.4) is 0 Å². The third-order valence-corrected chi connectivity index (χ3v) is 3.36. The van der Waals surface area contributed by atoms with Gasteiger partial charge in [0.1, 0.15) is 0 Å². The van der Waals surface area contributed by atoms with Gasteiger partial charge in [-0.15, -0.1) is 0 Å². The van der Waals surface area contributed by atoms with Gasteiger partial charge in [-0.3, -0.25) is 0 Å². The predicted octanol–water partition coefficient (Wildman–Crippen LogP) is -0.664. The average molecular weight is 275 g/mol. The summed E-state index contributed by atoms with van der Waals surface area (Å²) in [6.45, 7) is 1.14. The highest BCUT2D eigenvalue weighted by atomic mass is 32.2. The van der Waals surface area contributed by atoms with E-state index in [-0.39, 0.29) is 6.10 Å². The second kappa shape index (κ2) is 8.20. The Kier molecular flexibility index (Phi) is 6.89. The Labute approximate surface area is 111 Å². The van der Waals surface area contributed by atoms with Crippen molar-refractivity contribution in [2.45, 2.75) is 31.4 Å². The van der Waals surface area contributed by atoms with Crippen LogP contribution in [0.4, 0.5) is 4.79 Å². The molecule has 0 unspecified atom stereocenters. The van der Waals surface area contributed by atoms with Crippen molar-refractivity contribution < 1.29 is 19.4 Å². The number of carbonyl (C=O) groups is 2. The number of ether oxygens (including phenoxy) is 1. The Balaban J connectivity index is 2.24. The van der Waals surface area contributed by atoms with E-state index in [1.165, 1.54) is 11.8 Å². The fourth-order valence-electron chi connectivity index (χ4n) is 1.71. The Morgan fingerprint density at radius 2 is 2.33 bits per heavy atom. The molecule has 1 saturated heterocycles. The standard InChI is InChI=1S/C11H20N2O4S/c1-18-6-4-9(10(14)15)13-11(16)12-7-8-3-2-5-17-8/h8-9H,2-7H2,1H3,(H,14,15)(H2,12,13,16)/p-1/t8-,9+/m1/s1. The van der Waals surface area contributed by atoms with Crippen LogP contribution in [0.15, 0.2) is 0 Å². The zero-order valence-electron chi connectivity index (χ0n) is 10.4. The van der Waals surface area contributed by atoms with E-state index < -0.39 is 18.0 Å². The summed E-state index contributed by atoms with van der Waals surface area (Å²) in [5.74, 6) is -0.596. The second-order valence-electron chi connectivity index (χ2n) is 4.14. The molecule has 6 nitrogen and oxygen atoms in total. The van der Waals surface area contributed by atoms with Gasteiger partial charge in [-0.1, -0.05) is 0 Å². The zero-order chi connectivity index (χ0) is 13.4. The molecule has 1 aliphatic heterocycles. The molecule has 1 aliphatic rings. The summed E-state index contributed by atoms with van der Waals surface area (Å²) < 4.78 is 5.35. The molecule has 7 heteroatoms. The number of nitrogens with one attached hydrogen (secondary N) is 2. The van der Waals surface area contributed by atoms with Crippen molar-refractivity contribution in [1.29, 1.82) is 0 Å². The Morgan fingerprint density at radius 3 is 2.89 bits per heavy atom. The number of thioether (sulfide) groups is 1. The molecule has 2 N–H and O–H groups in total. The number of urea groups is 1. The fraction of sp³-hybridized carbons (Fsp3) is 0.818. The number of carbonyl (C=O) groups excluding carboxylic acids is 2. The molecule has 2 amide bonds. The Hall–Kier alpha value is -0.950. The molecular weight excluding hydrogens is 256 g/mol. The number of hydrogen-bond acceptors (Lipinski definition) is 5. The van der Waals surface area contributed by atoms with Crippen LogP contribution in [0.2, 0.25) is 0 Å². The van der Waals surface area contributed by atoms with E-state index in [1.54, 1.807) is 0 Å². The molecule has 2 atom stereocenters. The second-order valence-corrected chi connectivity index (χ2v) is 5.13. The third-order valence-electron chi connectivity index (χ3n) is 2.71. The minimum Gasteiger partial charge on any atom is -0.548 e. The first-order valence-corrected chi connectivity index (χ1v) is 7.38. The quantitative estimate of drug-likeness (QED) is 0.643. The lowest BCUT2D eigenvalue weighted by Gasteiger charge is -2.20. The zero-order valence-corrected chi connectivity index (χ0v) is 11.3. The molecule has 1 rings (SSSR count). The molecule has 1 fully saturated rings. The minimum absolute atomic E-state index is 0.0448. The van der Waals surface area contributed by atoms with Crippen molar-refractivity contribution in [3.05, 3.63) is 0 Å². The van der Waals surface area contributed by atoms with Gasteiger partial charge in [0.2, 0.25) is 0 Å². The van der Waals surface area contributed by atoms with Crippen LogP contribution in [0.5, 0.6) is 0 Å². The smallest absolute Gasteiger partial charge is 0.315 e. The maximum absolute atomic E-state index is 11.5. The van der Waals surface area contributed by atoms with Crippen LogP contribution in [0, 0.1) is 0 Å². The first-order valence-electron chi connectivity index (χ1n) is 5.99. The summed E-state index contributed by atoms with van der Waals surface area (Å²) >= 11 is 1.53. The van der Waals surface area contributed by atoms with E-state index in [0.717, 1.165) is 19.4 Å². The molecule has 0 aliphatic carbocycles. The summed E-state index contributed by atoms with van der Waals surface area (Å²) in [4.78, 5) is 22.3. The lowest BCUT2D eigenvalue weighted by molar-refractivity contribution is -0.308. The summed E-state index contributed by atoms with van der Waals surface area (Å²) in [6, 6.07) is -1.43. The number of carboxylic acids is 1. The molecular formula is C11H19N2O4S-. The summed E-state index contributed by atoms with van der Waals surface area (Å²) in [5, 5.41) is 15.8. The number of rotatable bonds is 7. The van der Waals surface area contributed by atoms with E-state index in [4.69, 9.17) is 4.74 Å². The van der Waals surface area contributed by atoms with Crippen LogP contribution in [-0.4, -0.2) is 49.3 Å².